The predicted octanol–water partition coefficient (Wildman–Crippen LogP) is 2.81. The Balaban J connectivity index is 1.76. The largest absolute Gasteiger partial charge is 0.480 e. The van der Waals surface area contributed by atoms with Crippen LogP contribution in [0.15, 0.2) is 30.5 Å². The van der Waals surface area contributed by atoms with Crippen LogP contribution in [0.3, 0.4) is 0 Å². The van der Waals surface area contributed by atoms with Gasteiger partial charge in [0.25, 0.3) is 0 Å². The van der Waals surface area contributed by atoms with E-state index < -0.39 is 60.6 Å². The van der Waals surface area contributed by atoms with Crippen molar-refractivity contribution in [3.8, 4) is 17.0 Å². The van der Waals surface area contributed by atoms with E-state index in [4.69, 9.17) is 44.8 Å². The van der Waals surface area contributed by atoms with Gasteiger partial charge in [-0.2, -0.15) is 4.98 Å². The van der Waals surface area contributed by atoms with Gasteiger partial charge >= 0.3 is 29.8 Å². The number of benzene rings is 1. The lowest BCUT2D eigenvalue weighted by molar-refractivity contribution is -0.288. The average Bonchev–Trinajstić information content (AvgIpc) is 3.40. The first-order valence-corrected chi connectivity index (χ1v) is 14.1. The molecule has 0 saturated carbocycles. The fraction of sp³-hybridized carbons (Fsp3) is 0.400. The van der Waals surface area contributed by atoms with Crippen LogP contribution in [-0.2, 0) is 47.6 Å². The number of fused-ring (bicyclic) bond motifs is 1. The molecule has 46 heavy (non-hydrogen) atoms. The lowest BCUT2D eigenvalue weighted by atomic mass is 9.97. The molecule has 3 aromatic rings. The molecular weight excluding hydrogens is 630 g/mol. The summed E-state index contributed by atoms with van der Waals surface area (Å²) in [5.41, 5.74) is 1.52. The SMILES string of the molecule is COC(=O)[C@H]1O[C@@H](OC(=O)c2c[nH]c3cc(Cl)c(-c4ccc(N(C)C)nc4OC)cc23)[C@H](OC(C)=O)[C@@H](OC(C)=O)[C@@H]1OC(C)=O. The zero-order valence-corrected chi connectivity index (χ0v) is 26.7. The number of hydrogen-bond donors (Lipinski definition) is 1. The van der Waals surface area contributed by atoms with Crippen LogP contribution in [0.25, 0.3) is 22.0 Å². The molecule has 1 saturated heterocycles. The van der Waals surface area contributed by atoms with Crippen molar-refractivity contribution in [1.82, 2.24) is 9.97 Å². The van der Waals surface area contributed by atoms with E-state index in [1.807, 2.05) is 14.1 Å². The Morgan fingerprint density at radius 2 is 1.50 bits per heavy atom. The molecule has 2 aromatic heterocycles. The van der Waals surface area contributed by atoms with Crippen molar-refractivity contribution in [3.05, 3.63) is 41.0 Å². The number of methoxy groups -OCH3 is 2. The summed E-state index contributed by atoms with van der Waals surface area (Å²) in [7, 11) is 6.18. The topological polar surface area (TPSA) is 182 Å². The highest BCUT2D eigenvalue weighted by atomic mass is 35.5. The number of rotatable bonds is 9. The molecule has 0 unspecified atom stereocenters. The van der Waals surface area contributed by atoms with Crippen molar-refractivity contribution in [2.75, 3.05) is 33.2 Å². The summed E-state index contributed by atoms with van der Waals surface area (Å²) >= 11 is 6.63. The van der Waals surface area contributed by atoms with Gasteiger partial charge in [-0.15, -0.1) is 0 Å². The van der Waals surface area contributed by atoms with Crippen molar-refractivity contribution in [2.24, 2.45) is 0 Å². The molecule has 1 fully saturated rings. The van der Waals surface area contributed by atoms with Crippen LogP contribution in [-0.4, -0.2) is 98.8 Å². The first kappa shape index (κ1) is 34.0. The number of carbonyl (C=O) groups is 5. The zero-order valence-electron chi connectivity index (χ0n) is 25.9. The summed E-state index contributed by atoms with van der Waals surface area (Å²) in [6.07, 6.45) is -7.09. The van der Waals surface area contributed by atoms with E-state index in [2.05, 4.69) is 9.97 Å². The Bertz CT molecular complexity index is 1670. The third kappa shape index (κ3) is 7.15. The van der Waals surface area contributed by atoms with Crippen molar-refractivity contribution in [1.29, 1.82) is 0 Å². The van der Waals surface area contributed by atoms with Crippen LogP contribution >= 0.6 is 11.6 Å². The number of aromatic nitrogens is 2. The Kier molecular flexibility index (Phi) is 10.4. The van der Waals surface area contributed by atoms with E-state index in [9.17, 15) is 24.0 Å². The minimum absolute atomic E-state index is 0.00990. The highest BCUT2D eigenvalue weighted by Crippen LogP contribution is 2.39. The second-order valence-electron chi connectivity index (χ2n) is 10.3. The second-order valence-corrected chi connectivity index (χ2v) is 10.7. The summed E-state index contributed by atoms with van der Waals surface area (Å²) in [6.45, 7) is 3.15. The highest BCUT2D eigenvalue weighted by molar-refractivity contribution is 6.34. The van der Waals surface area contributed by atoms with Gasteiger partial charge in [-0.05, 0) is 24.3 Å². The Morgan fingerprint density at radius 1 is 0.870 bits per heavy atom. The molecule has 0 amide bonds. The molecule has 5 atom stereocenters. The first-order chi connectivity index (χ1) is 21.7. The van der Waals surface area contributed by atoms with Gasteiger partial charge in [0.15, 0.2) is 18.3 Å². The number of aromatic amines is 1. The summed E-state index contributed by atoms with van der Waals surface area (Å²) < 4.78 is 37.5. The van der Waals surface area contributed by atoms with Crippen LogP contribution in [0.2, 0.25) is 5.02 Å². The zero-order chi connectivity index (χ0) is 33.9. The third-order valence-corrected chi connectivity index (χ3v) is 7.15. The molecule has 3 heterocycles. The lowest BCUT2D eigenvalue weighted by Gasteiger charge is -2.42. The number of anilines is 1. The molecule has 1 N–H and O–H groups in total. The lowest BCUT2D eigenvalue weighted by Crippen LogP contribution is -2.64. The number of nitrogens with zero attached hydrogens (tertiary/aromatic N) is 2. The summed E-state index contributed by atoms with van der Waals surface area (Å²) in [6, 6.07) is 6.80. The average molecular weight is 662 g/mol. The molecule has 0 spiro atoms. The third-order valence-electron chi connectivity index (χ3n) is 6.83. The van der Waals surface area contributed by atoms with Crippen LogP contribution in [0.4, 0.5) is 5.82 Å². The van der Waals surface area contributed by atoms with Gasteiger partial charge in [-0.25, -0.2) is 9.59 Å². The number of nitrogens with one attached hydrogen (secondary N) is 1. The van der Waals surface area contributed by atoms with Gasteiger partial charge in [0, 0.05) is 63.1 Å². The molecule has 16 heteroatoms. The smallest absolute Gasteiger partial charge is 0.342 e. The predicted molar refractivity (Wildman–Crippen MR) is 160 cm³/mol. The number of esters is 5. The molecular formula is C30H32ClN3O12. The summed E-state index contributed by atoms with van der Waals surface area (Å²) in [5.74, 6) is -3.70. The molecule has 1 aliphatic heterocycles. The summed E-state index contributed by atoms with van der Waals surface area (Å²) in [5, 5.41) is 0.709. The number of carbonyl (C=O) groups excluding carboxylic acids is 5. The Labute approximate surface area is 267 Å². The Morgan fingerprint density at radius 3 is 2.09 bits per heavy atom. The highest BCUT2D eigenvalue weighted by Gasteiger charge is 2.56. The van der Waals surface area contributed by atoms with Crippen LogP contribution in [0.5, 0.6) is 5.88 Å². The van der Waals surface area contributed by atoms with Crippen LogP contribution in [0, 0.1) is 0 Å². The van der Waals surface area contributed by atoms with Gasteiger partial charge in [0.1, 0.15) is 5.82 Å². The normalized spacial score (nSPS) is 20.7. The van der Waals surface area contributed by atoms with Crippen molar-refractivity contribution in [2.45, 2.75) is 51.5 Å². The fourth-order valence-electron chi connectivity index (χ4n) is 4.90. The minimum atomic E-state index is -1.82. The van der Waals surface area contributed by atoms with Crippen molar-refractivity contribution in [3.63, 3.8) is 0 Å². The molecule has 0 radical (unpaired) electrons. The monoisotopic (exact) mass is 661 g/mol. The van der Waals surface area contributed by atoms with Gasteiger partial charge in [0.05, 0.1) is 24.8 Å². The van der Waals surface area contributed by atoms with E-state index in [1.54, 1.807) is 29.2 Å². The maximum Gasteiger partial charge on any atom is 0.342 e. The van der Waals surface area contributed by atoms with Crippen LogP contribution in [0.1, 0.15) is 31.1 Å². The van der Waals surface area contributed by atoms with Crippen LogP contribution < -0.4 is 9.64 Å². The number of ether oxygens (including phenoxy) is 7. The number of pyridine rings is 1. The number of hydrogen-bond acceptors (Lipinski definition) is 14. The van der Waals surface area contributed by atoms with Gasteiger partial charge < -0.3 is 43.0 Å². The van der Waals surface area contributed by atoms with Gasteiger partial charge in [-0.1, -0.05) is 11.6 Å². The van der Waals surface area contributed by atoms with Crippen molar-refractivity contribution < 1.29 is 57.1 Å². The first-order valence-electron chi connectivity index (χ1n) is 13.7. The van der Waals surface area contributed by atoms with E-state index in [0.29, 0.717) is 38.8 Å². The second kappa shape index (κ2) is 14.0. The molecule has 0 aliphatic carbocycles. The van der Waals surface area contributed by atoms with E-state index in [1.165, 1.54) is 13.3 Å². The minimum Gasteiger partial charge on any atom is -0.480 e. The number of H-pyrrole nitrogens is 1. The van der Waals surface area contributed by atoms with Gasteiger partial charge in [0.2, 0.25) is 18.3 Å². The van der Waals surface area contributed by atoms with E-state index in [0.717, 1.165) is 27.9 Å². The molecule has 15 nitrogen and oxygen atoms in total. The standard InChI is InChI=1S/C30H32ClN3O12/c1-13(35)42-23-24(43-14(2)36)26(44-15(3)37)30(45-25(23)29(39)41-7)46-28(38)19-12-32-21-11-20(31)17(10-18(19)21)16-8-9-22(34(4)5)33-27(16)40-6/h8-12,23-26,30,32H,1-7H3/t23-,24-,25-,26+,30-/m0/s1. The molecule has 0 bridgehead atoms. The summed E-state index contributed by atoms with van der Waals surface area (Å²) in [4.78, 5) is 71.7. The number of halogens is 1. The van der Waals surface area contributed by atoms with Gasteiger partial charge in [-0.3, -0.25) is 14.4 Å². The molecule has 1 aliphatic rings. The quantitative estimate of drug-likeness (QED) is 0.261. The maximum atomic E-state index is 13.7. The molecule has 246 valence electrons. The Hall–Kier alpha value is -4.89. The maximum absolute atomic E-state index is 13.7. The molecule has 1 aromatic carbocycles. The van der Waals surface area contributed by atoms with E-state index >= 15 is 0 Å². The van der Waals surface area contributed by atoms with E-state index in [-0.39, 0.29) is 5.56 Å². The van der Waals surface area contributed by atoms with Crippen molar-refractivity contribution >= 4 is 58.2 Å². The molecule has 4 rings (SSSR count). The fourth-order valence-corrected chi connectivity index (χ4v) is 5.17.